The summed E-state index contributed by atoms with van der Waals surface area (Å²) >= 11 is 1.13. The smallest absolute Gasteiger partial charge is 0.350 e. The first-order valence-corrected chi connectivity index (χ1v) is 5.96. The number of hydrogen-bond donors (Lipinski definition) is 4. The summed E-state index contributed by atoms with van der Waals surface area (Å²) in [5, 5.41) is 27.3. The molecule has 4 atom stereocenters. The van der Waals surface area contributed by atoms with E-state index in [2.05, 4.69) is 4.98 Å². The van der Waals surface area contributed by atoms with Crippen LogP contribution in [0.2, 0.25) is 0 Å². The van der Waals surface area contributed by atoms with Crippen LogP contribution in [0, 0.1) is 0 Å². The van der Waals surface area contributed by atoms with Crippen LogP contribution in [0.5, 0.6) is 0 Å². The lowest BCUT2D eigenvalue weighted by Crippen LogP contribution is -2.36. The quantitative estimate of drug-likeness (QED) is 0.492. The molecule has 1 aliphatic rings. The molecule has 8 heteroatoms. The first-order chi connectivity index (χ1) is 8.04. The van der Waals surface area contributed by atoms with Gasteiger partial charge in [-0.2, -0.15) is 4.98 Å². The van der Waals surface area contributed by atoms with Crippen molar-refractivity contribution < 1.29 is 15.3 Å². The van der Waals surface area contributed by atoms with Crippen LogP contribution in [-0.4, -0.2) is 48.9 Å². The lowest BCUT2D eigenvalue weighted by Gasteiger charge is -2.17. The van der Waals surface area contributed by atoms with Crippen LogP contribution in [0.4, 0.5) is 5.82 Å². The van der Waals surface area contributed by atoms with E-state index in [0.717, 1.165) is 11.8 Å². The molecular weight excluding hydrogens is 246 g/mol. The minimum atomic E-state index is -1.12. The predicted octanol–water partition coefficient (Wildman–Crippen LogP) is -1.85. The van der Waals surface area contributed by atoms with E-state index in [4.69, 9.17) is 10.8 Å². The fraction of sp³-hybridized carbons (Fsp3) is 0.556. The molecule has 0 saturated carbocycles. The van der Waals surface area contributed by atoms with Gasteiger partial charge in [0.15, 0.2) is 0 Å². The number of nitrogens with two attached hydrogens (primary N) is 1. The number of anilines is 1. The number of nitrogens with zero attached hydrogens (tertiary/aromatic N) is 2. The summed E-state index contributed by atoms with van der Waals surface area (Å²) < 4.78 is 1.20. The molecule has 5 N–H and O–H groups in total. The lowest BCUT2D eigenvalue weighted by atomic mass is 10.1. The number of nitrogen functional groups attached to an aromatic ring is 1. The Kier molecular flexibility index (Phi) is 3.38. The van der Waals surface area contributed by atoms with Crippen LogP contribution in [0.15, 0.2) is 17.1 Å². The molecule has 1 unspecified atom stereocenters. The van der Waals surface area contributed by atoms with E-state index in [9.17, 15) is 15.0 Å². The Hall–Kier alpha value is -1.09. The Morgan fingerprint density at radius 1 is 1.47 bits per heavy atom. The van der Waals surface area contributed by atoms with Crippen molar-refractivity contribution in [1.29, 1.82) is 0 Å². The molecule has 1 aromatic heterocycles. The zero-order valence-electron chi connectivity index (χ0n) is 8.80. The van der Waals surface area contributed by atoms with Crippen LogP contribution < -0.4 is 11.4 Å². The Balaban J connectivity index is 2.32. The molecule has 1 aliphatic heterocycles. The summed E-state index contributed by atoms with van der Waals surface area (Å²) in [4.78, 5) is 15.1. The zero-order chi connectivity index (χ0) is 12.6. The first-order valence-electron chi connectivity index (χ1n) is 5.01. The highest BCUT2D eigenvalue weighted by Gasteiger charge is 2.43. The summed E-state index contributed by atoms with van der Waals surface area (Å²) in [5.74, 6) is 0.1000. The third kappa shape index (κ3) is 2.16. The van der Waals surface area contributed by atoms with Gasteiger partial charge in [0, 0.05) is 6.20 Å². The molecule has 0 amide bonds. The molecule has 17 heavy (non-hydrogen) atoms. The monoisotopic (exact) mass is 259 g/mol. The molecule has 0 aliphatic carbocycles. The lowest BCUT2D eigenvalue weighted by molar-refractivity contribution is 0.0101. The number of aliphatic hydroxyl groups excluding tert-OH is 3. The van der Waals surface area contributed by atoms with E-state index in [1.165, 1.54) is 16.8 Å². The maximum absolute atomic E-state index is 11.6. The van der Waals surface area contributed by atoms with Crippen molar-refractivity contribution >= 4 is 17.6 Å². The van der Waals surface area contributed by atoms with Crippen molar-refractivity contribution in [3.63, 3.8) is 0 Å². The van der Waals surface area contributed by atoms with Crippen LogP contribution in [0.1, 0.15) is 5.37 Å². The summed E-state index contributed by atoms with van der Waals surface area (Å²) in [7, 11) is 0. The highest BCUT2D eigenvalue weighted by molar-refractivity contribution is 8.00. The summed E-state index contributed by atoms with van der Waals surface area (Å²) in [6.07, 6.45) is -0.780. The molecule has 1 aromatic rings. The first kappa shape index (κ1) is 12.4. The molecule has 0 radical (unpaired) electrons. The van der Waals surface area contributed by atoms with Crippen LogP contribution in [0.3, 0.4) is 0 Å². The second-order valence-corrected chi connectivity index (χ2v) is 5.13. The maximum Gasteiger partial charge on any atom is 0.350 e. The van der Waals surface area contributed by atoms with Crippen molar-refractivity contribution in [2.45, 2.75) is 22.8 Å². The minimum absolute atomic E-state index is 0.1000. The van der Waals surface area contributed by atoms with Gasteiger partial charge in [-0.1, -0.05) is 0 Å². The van der Waals surface area contributed by atoms with Gasteiger partial charge in [0.2, 0.25) is 0 Å². The zero-order valence-corrected chi connectivity index (χ0v) is 9.62. The van der Waals surface area contributed by atoms with Crippen molar-refractivity contribution in [2.75, 3.05) is 12.3 Å². The molecule has 2 rings (SSSR count). The minimum Gasteiger partial charge on any atom is -0.395 e. The second kappa shape index (κ2) is 4.65. The van der Waals surface area contributed by atoms with E-state index >= 15 is 0 Å². The van der Waals surface area contributed by atoms with Gasteiger partial charge in [-0.05, 0) is 6.07 Å². The van der Waals surface area contributed by atoms with Crippen molar-refractivity contribution in [3.05, 3.63) is 22.7 Å². The second-order valence-electron chi connectivity index (χ2n) is 3.77. The van der Waals surface area contributed by atoms with Gasteiger partial charge in [-0.25, -0.2) is 4.79 Å². The molecule has 7 nitrogen and oxygen atoms in total. The molecule has 2 heterocycles. The highest BCUT2D eigenvalue weighted by atomic mass is 32.2. The number of hydrogen-bond acceptors (Lipinski definition) is 7. The Labute approximate surface area is 101 Å². The Morgan fingerprint density at radius 2 is 2.18 bits per heavy atom. The van der Waals surface area contributed by atoms with Crippen LogP contribution in [-0.2, 0) is 0 Å². The molecule has 0 spiro atoms. The van der Waals surface area contributed by atoms with Gasteiger partial charge in [0.25, 0.3) is 0 Å². The Bertz CT molecular complexity index is 466. The van der Waals surface area contributed by atoms with E-state index < -0.39 is 28.5 Å². The molecule has 0 bridgehead atoms. The summed E-state index contributed by atoms with van der Waals surface area (Å²) in [6, 6.07) is 1.44. The number of aromatic nitrogens is 2. The van der Waals surface area contributed by atoms with Crippen molar-refractivity contribution in [1.82, 2.24) is 9.55 Å². The predicted molar refractivity (Wildman–Crippen MR) is 62.4 cm³/mol. The highest BCUT2D eigenvalue weighted by Crippen LogP contribution is 2.40. The van der Waals surface area contributed by atoms with Gasteiger partial charge < -0.3 is 21.1 Å². The summed E-state index contributed by atoms with van der Waals surface area (Å²) in [6.45, 7) is -0.267. The summed E-state index contributed by atoms with van der Waals surface area (Å²) in [5.41, 5.74) is 4.77. The van der Waals surface area contributed by atoms with E-state index in [1.54, 1.807) is 0 Å². The average Bonchev–Trinajstić information content (AvgIpc) is 2.57. The molecule has 1 saturated heterocycles. The third-order valence-corrected chi connectivity index (χ3v) is 4.21. The van der Waals surface area contributed by atoms with Gasteiger partial charge in [0.05, 0.1) is 18.0 Å². The SMILES string of the molecule is Nc1ccn(C2S[C@@H](CO)[C@H](O)[C@@H]2O)c(=O)n1. The van der Waals surface area contributed by atoms with Gasteiger partial charge >= 0.3 is 5.69 Å². The van der Waals surface area contributed by atoms with Crippen molar-refractivity contribution in [2.24, 2.45) is 0 Å². The topological polar surface area (TPSA) is 122 Å². The maximum atomic E-state index is 11.6. The normalized spacial score (nSPS) is 32.9. The molecular formula is C9H13N3O4S. The van der Waals surface area contributed by atoms with Gasteiger partial charge in [0.1, 0.15) is 17.3 Å². The van der Waals surface area contributed by atoms with E-state index in [1.807, 2.05) is 0 Å². The fourth-order valence-corrected chi connectivity index (χ4v) is 3.11. The third-order valence-electron chi connectivity index (χ3n) is 2.64. The Morgan fingerprint density at radius 3 is 2.71 bits per heavy atom. The number of rotatable bonds is 2. The van der Waals surface area contributed by atoms with E-state index in [0.29, 0.717) is 0 Å². The number of aliphatic hydroxyl groups is 3. The van der Waals surface area contributed by atoms with E-state index in [-0.39, 0.29) is 12.4 Å². The fourth-order valence-electron chi connectivity index (χ4n) is 1.73. The van der Waals surface area contributed by atoms with Crippen molar-refractivity contribution in [3.8, 4) is 0 Å². The molecule has 1 fully saturated rings. The van der Waals surface area contributed by atoms with Crippen LogP contribution in [0.25, 0.3) is 0 Å². The van der Waals surface area contributed by atoms with Crippen LogP contribution >= 0.6 is 11.8 Å². The molecule has 0 aromatic carbocycles. The largest absolute Gasteiger partial charge is 0.395 e. The van der Waals surface area contributed by atoms with Gasteiger partial charge in [-0.15, -0.1) is 11.8 Å². The molecule has 94 valence electrons. The number of thioether (sulfide) groups is 1. The average molecular weight is 259 g/mol. The standard InChI is InChI=1S/C9H13N3O4S/c10-5-1-2-12(9(16)11-5)8-7(15)6(14)4(3-13)17-8/h1-2,4,6-8,13-15H,3H2,(H2,10,11,16)/t4-,6-,7-,8?/m0/s1. The van der Waals surface area contributed by atoms with Gasteiger partial charge in [-0.3, -0.25) is 4.57 Å².